The first-order chi connectivity index (χ1) is 9.29. The lowest BCUT2D eigenvalue weighted by Crippen LogP contribution is -2.21. The minimum Gasteiger partial charge on any atom is -0.494 e. The smallest absolute Gasteiger partial charge is 0.119 e. The highest BCUT2D eigenvalue weighted by molar-refractivity contribution is 5.29. The van der Waals surface area contributed by atoms with Crippen molar-refractivity contribution in [3.63, 3.8) is 0 Å². The van der Waals surface area contributed by atoms with Gasteiger partial charge in [-0.1, -0.05) is 12.1 Å². The van der Waals surface area contributed by atoms with Crippen molar-refractivity contribution < 1.29 is 9.47 Å². The van der Waals surface area contributed by atoms with Crippen LogP contribution in [0.2, 0.25) is 0 Å². The largest absolute Gasteiger partial charge is 0.494 e. The van der Waals surface area contributed by atoms with Crippen molar-refractivity contribution in [3.8, 4) is 5.75 Å². The van der Waals surface area contributed by atoms with Crippen molar-refractivity contribution in [2.75, 3.05) is 13.2 Å². The second-order valence-corrected chi connectivity index (χ2v) is 5.17. The summed E-state index contributed by atoms with van der Waals surface area (Å²) in [4.78, 5) is 0. The zero-order valence-electron chi connectivity index (χ0n) is 11.8. The van der Waals surface area contributed by atoms with Gasteiger partial charge in [-0.3, -0.25) is 0 Å². The van der Waals surface area contributed by atoms with Crippen LogP contribution in [0.1, 0.15) is 50.6 Å². The molecule has 0 radical (unpaired) electrons. The van der Waals surface area contributed by atoms with Crippen molar-refractivity contribution >= 4 is 0 Å². The Balaban J connectivity index is 1.79. The maximum Gasteiger partial charge on any atom is 0.119 e. The summed E-state index contributed by atoms with van der Waals surface area (Å²) in [6.07, 6.45) is 6.16. The van der Waals surface area contributed by atoms with E-state index in [4.69, 9.17) is 15.2 Å². The number of benzene rings is 1. The van der Waals surface area contributed by atoms with E-state index in [2.05, 4.69) is 12.1 Å². The van der Waals surface area contributed by atoms with Gasteiger partial charge in [0.25, 0.3) is 0 Å². The number of rotatable bonds is 6. The number of hydrogen-bond acceptors (Lipinski definition) is 3. The molecule has 0 spiro atoms. The fourth-order valence-corrected chi connectivity index (χ4v) is 2.55. The molecule has 106 valence electrons. The Morgan fingerprint density at radius 1 is 1.32 bits per heavy atom. The molecule has 1 saturated heterocycles. The van der Waals surface area contributed by atoms with E-state index in [1.165, 1.54) is 24.8 Å². The third kappa shape index (κ3) is 4.51. The number of hydrogen-bond donors (Lipinski definition) is 1. The topological polar surface area (TPSA) is 44.5 Å². The minimum absolute atomic E-state index is 0.0983. The Kier molecular flexibility index (Phi) is 5.67. The molecule has 2 unspecified atom stereocenters. The van der Waals surface area contributed by atoms with Crippen molar-refractivity contribution in [3.05, 3.63) is 29.8 Å². The second kappa shape index (κ2) is 7.51. The van der Waals surface area contributed by atoms with E-state index in [-0.39, 0.29) is 6.04 Å². The normalized spacial score (nSPS) is 21.1. The van der Waals surface area contributed by atoms with Crippen LogP contribution in [0.4, 0.5) is 0 Å². The van der Waals surface area contributed by atoms with Gasteiger partial charge in [-0.15, -0.1) is 0 Å². The Morgan fingerprint density at radius 3 is 2.74 bits per heavy atom. The standard InChI is InChI=1S/C16H25NO2/c1-2-18-15-8-6-13(7-9-15)16(17)11-10-14-5-3-4-12-19-14/h6-9,14,16H,2-5,10-12,17H2,1H3. The summed E-state index contributed by atoms with van der Waals surface area (Å²) < 4.78 is 11.2. The first-order valence-electron chi connectivity index (χ1n) is 7.39. The summed E-state index contributed by atoms with van der Waals surface area (Å²) in [5.74, 6) is 0.911. The molecule has 1 aliphatic heterocycles. The first-order valence-corrected chi connectivity index (χ1v) is 7.39. The fraction of sp³-hybridized carbons (Fsp3) is 0.625. The summed E-state index contributed by atoms with van der Waals surface area (Å²) in [5.41, 5.74) is 7.42. The third-order valence-corrected chi connectivity index (χ3v) is 3.69. The Hall–Kier alpha value is -1.06. The number of ether oxygens (including phenoxy) is 2. The third-order valence-electron chi connectivity index (χ3n) is 3.69. The lowest BCUT2D eigenvalue weighted by molar-refractivity contribution is 0.00912. The van der Waals surface area contributed by atoms with E-state index in [0.29, 0.717) is 12.7 Å². The highest BCUT2D eigenvalue weighted by Crippen LogP contribution is 2.23. The molecule has 2 rings (SSSR count). The summed E-state index contributed by atoms with van der Waals surface area (Å²) >= 11 is 0. The molecule has 0 amide bonds. The van der Waals surface area contributed by atoms with E-state index in [1.54, 1.807) is 0 Å². The molecule has 0 aromatic heterocycles. The van der Waals surface area contributed by atoms with Gasteiger partial charge in [0.05, 0.1) is 12.7 Å². The molecular formula is C16H25NO2. The van der Waals surface area contributed by atoms with Crippen molar-refractivity contribution in [2.45, 2.75) is 51.2 Å². The van der Waals surface area contributed by atoms with Crippen LogP contribution in [0.5, 0.6) is 5.75 Å². The average Bonchev–Trinajstić information content (AvgIpc) is 2.47. The van der Waals surface area contributed by atoms with E-state index < -0.39 is 0 Å². The van der Waals surface area contributed by atoms with E-state index in [0.717, 1.165) is 25.2 Å². The van der Waals surface area contributed by atoms with Crippen LogP contribution >= 0.6 is 0 Å². The van der Waals surface area contributed by atoms with Gasteiger partial charge >= 0.3 is 0 Å². The molecule has 2 N–H and O–H groups in total. The molecule has 1 heterocycles. The molecule has 1 aromatic rings. The predicted molar refractivity (Wildman–Crippen MR) is 77.4 cm³/mol. The molecule has 1 aliphatic rings. The summed E-state index contributed by atoms with van der Waals surface area (Å²) in [5, 5.41) is 0. The lowest BCUT2D eigenvalue weighted by atomic mass is 9.98. The second-order valence-electron chi connectivity index (χ2n) is 5.17. The van der Waals surface area contributed by atoms with Gasteiger partial charge in [0.15, 0.2) is 0 Å². The summed E-state index contributed by atoms with van der Waals surface area (Å²) in [7, 11) is 0. The maximum absolute atomic E-state index is 6.24. The Morgan fingerprint density at radius 2 is 2.11 bits per heavy atom. The molecule has 0 bridgehead atoms. The first kappa shape index (κ1) is 14.4. The maximum atomic E-state index is 6.24. The molecule has 1 aromatic carbocycles. The van der Waals surface area contributed by atoms with Gasteiger partial charge in [0.1, 0.15) is 5.75 Å². The molecule has 0 aliphatic carbocycles. The molecular weight excluding hydrogens is 238 g/mol. The summed E-state index contributed by atoms with van der Waals surface area (Å²) in [6, 6.07) is 8.22. The Labute approximate surface area is 116 Å². The van der Waals surface area contributed by atoms with E-state index in [1.807, 2.05) is 19.1 Å². The highest BCUT2D eigenvalue weighted by atomic mass is 16.5. The van der Waals surface area contributed by atoms with Gasteiger partial charge in [-0.2, -0.15) is 0 Å². The van der Waals surface area contributed by atoms with Crippen LogP contribution in [0.25, 0.3) is 0 Å². The average molecular weight is 263 g/mol. The van der Waals surface area contributed by atoms with Crippen LogP contribution in [0.15, 0.2) is 24.3 Å². The molecule has 3 heteroatoms. The Bertz CT molecular complexity index is 358. The highest BCUT2D eigenvalue weighted by Gasteiger charge is 2.15. The predicted octanol–water partition coefficient (Wildman–Crippen LogP) is 3.43. The zero-order valence-corrected chi connectivity index (χ0v) is 11.8. The van der Waals surface area contributed by atoms with Crippen LogP contribution < -0.4 is 10.5 Å². The van der Waals surface area contributed by atoms with Gasteiger partial charge < -0.3 is 15.2 Å². The van der Waals surface area contributed by atoms with Crippen molar-refractivity contribution in [2.24, 2.45) is 5.73 Å². The van der Waals surface area contributed by atoms with Crippen LogP contribution in [0, 0.1) is 0 Å². The zero-order chi connectivity index (χ0) is 13.5. The van der Waals surface area contributed by atoms with Gasteiger partial charge in [0, 0.05) is 12.6 Å². The molecule has 2 atom stereocenters. The summed E-state index contributed by atoms with van der Waals surface area (Å²) in [6.45, 7) is 3.61. The van der Waals surface area contributed by atoms with Crippen LogP contribution in [-0.2, 0) is 4.74 Å². The van der Waals surface area contributed by atoms with Crippen LogP contribution in [-0.4, -0.2) is 19.3 Å². The monoisotopic (exact) mass is 263 g/mol. The number of nitrogens with two attached hydrogens (primary N) is 1. The SMILES string of the molecule is CCOc1ccc(C(N)CCC2CCCCO2)cc1. The van der Waals surface area contributed by atoms with Crippen molar-refractivity contribution in [1.29, 1.82) is 0 Å². The molecule has 3 nitrogen and oxygen atoms in total. The lowest BCUT2D eigenvalue weighted by Gasteiger charge is -2.23. The minimum atomic E-state index is 0.0983. The van der Waals surface area contributed by atoms with Gasteiger partial charge in [0.2, 0.25) is 0 Å². The molecule has 1 fully saturated rings. The van der Waals surface area contributed by atoms with Crippen LogP contribution in [0.3, 0.4) is 0 Å². The molecule has 19 heavy (non-hydrogen) atoms. The fourth-order valence-electron chi connectivity index (χ4n) is 2.55. The van der Waals surface area contributed by atoms with Crippen molar-refractivity contribution in [1.82, 2.24) is 0 Å². The molecule has 0 saturated carbocycles. The quantitative estimate of drug-likeness (QED) is 0.855. The van der Waals surface area contributed by atoms with E-state index >= 15 is 0 Å². The van der Waals surface area contributed by atoms with Gasteiger partial charge in [-0.25, -0.2) is 0 Å². The van der Waals surface area contributed by atoms with E-state index in [9.17, 15) is 0 Å². The van der Waals surface area contributed by atoms with Gasteiger partial charge in [-0.05, 0) is 56.7 Å².